The zero-order valence-electron chi connectivity index (χ0n) is 11.6. The number of nitrogens with one attached hydrogen (secondary N) is 1. The third-order valence-electron chi connectivity index (χ3n) is 2.84. The molecule has 0 saturated heterocycles. The average molecular weight is 263 g/mol. The Balaban J connectivity index is 1.97. The van der Waals surface area contributed by atoms with Gasteiger partial charge >= 0.3 is 0 Å². The number of aliphatic hydroxyl groups is 1. The fourth-order valence-corrected chi connectivity index (χ4v) is 1.90. The van der Waals surface area contributed by atoms with Crippen molar-refractivity contribution in [3.05, 3.63) is 30.0 Å². The fourth-order valence-electron chi connectivity index (χ4n) is 1.90. The molecule has 0 radical (unpaired) electrons. The van der Waals surface area contributed by atoms with Crippen molar-refractivity contribution in [3.63, 3.8) is 0 Å². The van der Waals surface area contributed by atoms with E-state index in [1.54, 1.807) is 0 Å². The van der Waals surface area contributed by atoms with Gasteiger partial charge in [0.25, 0.3) is 0 Å². The van der Waals surface area contributed by atoms with Gasteiger partial charge in [-0.25, -0.2) is 0 Å². The molecule has 4 heteroatoms. The molecule has 0 aliphatic rings. The maximum Gasteiger partial charge on any atom is 0.137 e. The predicted molar refractivity (Wildman–Crippen MR) is 75.6 cm³/mol. The minimum absolute atomic E-state index is 0.267. The molecule has 0 saturated carbocycles. The Morgan fingerprint density at radius 1 is 1.37 bits per heavy atom. The molecule has 0 fully saturated rings. The maximum absolute atomic E-state index is 9.83. The predicted octanol–water partition coefficient (Wildman–Crippen LogP) is 2.48. The summed E-state index contributed by atoms with van der Waals surface area (Å²) in [6.07, 6.45) is -0.523. The van der Waals surface area contributed by atoms with E-state index in [0.717, 1.165) is 22.5 Å². The number of ether oxygens (including phenoxy) is 1. The van der Waals surface area contributed by atoms with Gasteiger partial charge in [0.1, 0.15) is 29.8 Å². The number of fused-ring (bicyclic) bond motifs is 1. The van der Waals surface area contributed by atoms with E-state index in [-0.39, 0.29) is 6.61 Å². The molecule has 1 heterocycles. The van der Waals surface area contributed by atoms with Gasteiger partial charge in [0, 0.05) is 12.6 Å². The van der Waals surface area contributed by atoms with Crippen LogP contribution in [0.15, 0.2) is 28.7 Å². The summed E-state index contributed by atoms with van der Waals surface area (Å²) in [7, 11) is 0. The summed E-state index contributed by atoms with van der Waals surface area (Å²) in [5.74, 6) is 1.60. The van der Waals surface area contributed by atoms with Crippen molar-refractivity contribution in [1.82, 2.24) is 5.32 Å². The average Bonchev–Trinajstić information content (AvgIpc) is 2.74. The lowest BCUT2D eigenvalue weighted by Crippen LogP contribution is -2.35. The van der Waals surface area contributed by atoms with Crippen LogP contribution in [0.5, 0.6) is 5.75 Å². The minimum Gasteiger partial charge on any atom is -0.490 e. The monoisotopic (exact) mass is 263 g/mol. The van der Waals surface area contributed by atoms with Crippen molar-refractivity contribution >= 4 is 11.0 Å². The Morgan fingerprint density at radius 2 is 2.16 bits per heavy atom. The second kappa shape index (κ2) is 6.08. The fraction of sp³-hybridized carbons (Fsp3) is 0.467. The molecule has 0 spiro atoms. The first-order valence-electron chi connectivity index (χ1n) is 6.59. The summed E-state index contributed by atoms with van der Waals surface area (Å²) in [6.45, 7) is 6.79. The normalized spacial score (nSPS) is 13.1. The molecular weight excluding hydrogens is 242 g/mol. The van der Waals surface area contributed by atoms with Crippen molar-refractivity contribution in [2.75, 3.05) is 13.2 Å². The maximum atomic E-state index is 9.83. The SMILES string of the molecule is Cc1cc2c(OCC(O)CNC(C)C)cccc2o1. The molecule has 1 aromatic heterocycles. The second-order valence-electron chi connectivity index (χ2n) is 5.05. The number of benzene rings is 1. The largest absolute Gasteiger partial charge is 0.490 e. The molecule has 0 amide bonds. The topological polar surface area (TPSA) is 54.6 Å². The molecule has 0 bridgehead atoms. The highest BCUT2D eigenvalue weighted by atomic mass is 16.5. The highest BCUT2D eigenvalue weighted by molar-refractivity contribution is 5.84. The first-order chi connectivity index (χ1) is 9.06. The Labute approximate surface area is 113 Å². The Morgan fingerprint density at radius 3 is 2.89 bits per heavy atom. The number of hydrogen-bond donors (Lipinski definition) is 2. The van der Waals surface area contributed by atoms with Crippen LogP contribution in [-0.4, -0.2) is 30.4 Å². The molecule has 2 aromatic rings. The minimum atomic E-state index is -0.523. The van der Waals surface area contributed by atoms with Crippen LogP contribution in [0.3, 0.4) is 0 Å². The lowest BCUT2D eigenvalue weighted by molar-refractivity contribution is 0.105. The Kier molecular flexibility index (Phi) is 4.45. The lowest BCUT2D eigenvalue weighted by Gasteiger charge is -2.15. The molecule has 1 aromatic carbocycles. The van der Waals surface area contributed by atoms with Crippen LogP contribution < -0.4 is 10.1 Å². The molecule has 104 valence electrons. The zero-order valence-corrected chi connectivity index (χ0v) is 11.6. The number of furan rings is 1. The van der Waals surface area contributed by atoms with Gasteiger partial charge in [0.05, 0.1) is 5.39 Å². The molecule has 19 heavy (non-hydrogen) atoms. The van der Waals surface area contributed by atoms with Crippen molar-refractivity contribution in [2.45, 2.75) is 32.9 Å². The summed E-state index contributed by atoms with van der Waals surface area (Å²) in [4.78, 5) is 0. The van der Waals surface area contributed by atoms with Gasteiger partial charge in [0.15, 0.2) is 0 Å². The van der Waals surface area contributed by atoms with Gasteiger partial charge in [-0.1, -0.05) is 19.9 Å². The number of aryl methyl sites for hydroxylation is 1. The van der Waals surface area contributed by atoms with Crippen LogP contribution in [0.1, 0.15) is 19.6 Å². The smallest absolute Gasteiger partial charge is 0.137 e. The second-order valence-corrected chi connectivity index (χ2v) is 5.05. The van der Waals surface area contributed by atoms with Gasteiger partial charge in [-0.05, 0) is 25.1 Å². The van der Waals surface area contributed by atoms with Gasteiger partial charge in [-0.15, -0.1) is 0 Å². The van der Waals surface area contributed by atoms with Crippen LogP contribution in [0, 0.1) is 6.92 Å². The van der Waals surface area contributed by atoms with Gasteiger partial charge in [0.2, 0.25) is 0 Å². The Bertz CT molecular complexity index is 533. The summed E-state index contributed by atoms with van der Waals surface area (Å²) >= 11 is 0. The first kappa shape index (κ1) is 13.9. The molecule has 0 aliphatic carbocycles. The highest BCUT2D eigenvalue weighted by Crippen LogP contribution is 2.28. The van der Waals surface area contributed by atoms with E-state index in [0.29, 0.717) is 12.6 Å². The molecule has 1 atom stereocenters. The molecule has 1 unspecified atom stereocenters. The van der Waals surface area contributed by atoms with Crippen LogP contribution in [0.25, 0.3) is 11.0 Å². The van der Waals surface area contributed by atoms with Crippen molar-refractivity contribution in [3.8, 4) is 5.75 Å². The zero-order chi connectivity index (χ0) is 13.8. The molecular formula is C15H21NO3. The third kappa shape index (κ3) is 3.72. The molecule has 0 aliphatic heterocycles. The molecule has 2 rings (SSSR count). The van der Waals surface area contributed by atoms with Crippen LogP contribution in [0.4, 0.5) is 0 Å². The summed E-state index contributed by atoms with van der Waals surface area (Å²) < 4.78 is 11.2. The Hall–Kier alpha value is -1.52. The van der Waals surface area contributed by atoms with E-state index in [9.17, 15) is 5.11 Å². The summed E-state index contributed by atoms with van der Waals surface area (Å²) in [6, 6.07) is 7.99. The van der Waals surface area contributed by atoms with Crippen molar-refractivity contribution < 1.29 is 14.3 Å². The number of aliphatic hydroxyl groups excluding tert-OH is 1. The van der Waals surface area contributed by atoms with Crippen molar-refractivity contribution in [2.24, 2.45) is 0 Å². The van der Waals surface area contributed by atoms with Crippen LogP contribution in [0.2, 0.25) is 0 Å². The van der Waals surface area contributed by atoms with E-state index >= 15 is 0 Å². The van der Waals surface area contributed by atoms with Crippen molar-refractivity contribution in [1.29, 1.82) is 0 Å². The highest BCUT2D eigenvalue weighted by Gasteiger charge is 2.10. The van der Waals surface area contributed by atoms with Gasteiger partial charge in [-0.3, -0.25) is 0 Å². The van der Waals surface area contributed by atoms with E-state index in [4.69, 9.17) is 9.15 Å². The first-order valence-corrected chi connectivity index (χ1v) is 6.59. The van der Waals surface area contributed by atoms with Gasteiger partial charge in [-0.2, -0.15) is 0 Å². The van der Waals surface area contributed by atoms with E-state index in [2.05, 4.69) is 5.32 Å². The van der Waals surface area contributed by atoms with E-state index < -0.39 is 6.10 Å². The van der Waals surface area contributed by atoms with E-state index in [1.807, 2.05) is 45.0 Å². The lowest BCUT2D eigenvalue weighted by atomic mass is 10.2. The molecule has 2 N–H and O–H groups in total. The van der Waals surface area contributed by atoms with Crippen LogP contribution in [-0.2, 0) is 0 Å². The summed E-state index contributed by atoms with van der Waals surface area (Å²) in [5, 5.41) is 13.9. The van der Waals surface area contributed by atoms with Gasteiger partial charge < -0.3 is 19.6 Å². The van der Waals surface area contributed by atoms with Crippen LogP contribution >= 0.6 is 0 Å². The standard InChI is InChI=1S/C15H21NO3/c1-10(2)16-8-12(17)9-18-14-5-4-6-15-13(14)7-11(3)19-15/h4-7,10,12,16-17H,8-9H2,1-3H3. The third-order valence-corrected chi connectivity index (χ3v) is 2.84. The van der Waals surface area contributed by atoms with E-state index in [1.165, 1.54) is 0 Å². The summed E-state index contributed by atoms with van der Waals surface area (Å²) in [5.41, 5.74) is 0.810. The molecule has 4 nitrogen and oxygen atoms in total. The number of rotatable bonds is 6. The quantitative estimate of drug-likeness (QED) is 0.840. The number of hydrogen-bond acceptors (Lipinski definition) is 4.